The summed E-state index contributed by atoms with van der Waals surface area (Å²) in [5.41, 5.74) is 1.17. The maximum Gasteiger partial charge on any atom is 0.183 e. The molecule has 0 radical (unpaired) electrons. The van der Waals surface area contributed by atoms with Gasteiger partial charge in [0.1, 0.15) is 0 Å². The maximum absolute atomic E-state index is 12.5. The molecule has 2 saturated heterocycles. The van der Waals surface area contributed by atoms with Gasteiger partial charge in [0.15, 0.2) is 5.78 Å². The van der Waals surface area contributed by atoms with Crippen LogP contribution in [0.3, 0.4) is 0 Å². The highest BCUT2D eigenvalue weighted by molar-refractivity contribution is 5.97. The van der Waals surface area contributed by atoms with E-state index in [1.807, 2.05) is 0 Å². The van der Waals surface area contributed by atoms with Crippen molar-refractivity contribution in [2.75, 3.05) is 26.2 Å². The molecule has 3 aliphatic rings. The van der Waals surface area contributed by atoms with Crippen molar-refractivity contribution in [2.24, 2.45) is 0 Å². The summed E-state index contributed by atoms with van der Waals surface area (Å²) in [6, 6.07) is 0. The Morgan fingerprint density at radius 3 is 2.05 bits per heavy atom. The molecule has 106 valence electrons. The smallest absolute Gasteiger partial charge is 0.183 e. The van der Waals surface area contributed by atoms with Crippen LogP contribution < -0.4 is 0 Å². The van der Waals surface area contributed by atoms with E-state index >= 15 is 0 Å². The molecule has 1 unspecified atom stereocenters. The highest BCUT2D eigenvalue weighted by atomic mass is 16.3. The number of carbonyl (C=O) groups excluding carboxylic acids is 1. The van der Waals surface area contributed by atoms with Crippen LogP contribution in [0.1, 0.15) is 45.4 Å². The lowest BCUT2D eigenvalue weighted by molar-refractivity contribution is -0.123. The fourth-order valence-corrected chi connectivity index (χ4v) is 3.65. The molecule has 0 bridgehead atoms. The first-order valence-electron chi connectivity index (χ1n) is 7.55. The number of hydrogen-bond donors (Lipinski definition) is 1. The average Bonchev–Trinajstić information content (AvgIpc) is 2.99. The number of likely N-dealkylation sites (tertiary alicyclic amines) is 2. The molecule has 2 fully saturated rings. The Morgan fingerprint density at radius 2 is 1.47 bits per heavy atom. The molecule has 3 rings (SSSR count). The minimum absolute atomic E-state index is 0.139. The molecule has 0 aromatic rings. The van der Waals surface area contributed by atoms with Crippen LogP contribution in [0, 0.1) is 0 Å². The van der Waals surface area contributed by atoms with E-state index in [1.165, 1.54) is 25.7 Å². The summed E-state index contributed by atoms with van der Waals surface area (Å²) >= 11 is 0. The highest BCUT2D eigenvalue weighted by Crippen LogP contribution is 2.36. The van der Waals surface area contributed by atoms with Gasteiger partial charge in [0.25, 0.3) is 0 Å². The molecule has 4 heteroatoms. The number of carbonyl (C=O) groups is 1. The van der Waals surface area contributed by atoms with Crippen molar-refractivity contribution in [2.45, 2.75) is 51.0 Å². The SMILES string of the molecule is CC1(O)CC(=O)C(N2CCCC2)=C(N2CCCC2)C1. The first kappa shape index (κ1) is 13.0. The van der Waals surface area contributed by atoms with Crippen LogP contribution in [0.4, 0.5) is 0 Å². The summed E-state index contributed by atoms with van der Waals surface area (Å²) in [6.45, 7) is 5.87. The van der Waals surface area contributed by atoms with Crippen molar-refractivity contribution in [3.05, 3.63) is 11.4 Å². The zero-order chi connectivity index (χ0) is 13.5. The summed E-state index contributed by atoms with van der Waals surface area (Å²) in [6.07, 6.45) is 5.67. The Morgan fingerprint density at radius 1 is 0.947 bits per heavy atom. The number of hydrogen-bond acceptors (Lipinski definition) is 4. The average molecular weight is 264 g/mol. The molecule has 0 aromatic carbocycles. The number of Topliss-reactive ketones (excluding diaryl/α,β-unsaturated/α-hetero) is 1. The lowest BCUT2D eigenvalue weighted by Crippen LogP contribution is -2.42. The van der Waals surface area contributed by atoms with E-state index in [0.29, 0.717) is 6.42 Å². The molecular formula is C15H24N2O2. The van der Waals surface area contributed by atoms with Gasteiger partial charge in [-0.25, -0.2) is 0 Å². The van der Waals surface area contributed by atoms with Crippen LogP contribution >= 0.6 is 0 Å². The summed E-state index contributed by atoms with van der Waals surface area (Å²) in [7, 11) is 0. The Kier molecular flexibility index (Phi) is 3.29. The second kappa shape index (κ2) is 4.82. The monoisotopic (exact) mass is 264 g/mol. The maximum atomic E-state index is 12.5. The van der Waals surface area contributed by atoms with Crippen molar-refractivity contribution in [3.8, 4) is 0 Å². The number of ketones is 1. The van der Waals surface area contributed by atoms with Gasteiger partial charge in [-0.15, -0.1) is 0 Å². The lowest BCUT2D eigenvalue weighted by Gasteiger charge is -2.38. The zero-order valence-corrected chi connectivity index (χ0v) is 11.8. The van der Waals surface area contributed by atoms with Crippen LogP contribution in [-0.2, 0) is 4.79 Å². The van der Waals surface area contributed by atoms with Gasteiger partial charge in [-0.1, -0.05) is 0 Å². The van der Waals surface area contributed by atoms with Crippen LogP contribution in [0.15, 0.2) is 11.4 Å². The number of nitrogens with zero attached hydrogens (tertiary/aromatic N) is 2. The van der Waals surface area contributed by atoms with Crippen LogP contribution in [0.25, 0.3) is 0 Å². The second-order valence-corrected chi connectivity index (χ2v) is 6.46. The van der Waals surface area contributed by atoms with Gasteiger partial charge in [0.05, 0.1) is 11.3 Å². The van der Waals surface area contributed by atoms with Gasteiger partial charge < -0.3 is 14.9 Å². The third-order valence-corrected chi connectivity index (χ3v) is 4.54. The zero-order valence-electron chi connectivity index (χ0n) is 11.8. The third-order valence-electron chi connectivity index (χ3n) is 4.54. The molecule has 1 atom stereocenters. The lowest BCUT2D eigenvalue weighted by atomic mass is 9.85. The minimum Gasteiger partial charge on any atom is -0.389 e. The number of rotatable bonds is 2. The molecule has 1 N–H and O–H groups in total. The quantitative estimate of drug-likeness (QED) is 0.821. The molecule has 19 heavy (non-hydrogen) atoms. The van der Waals surface area contributed by atoms with E-state index in [2.05, 4.69) is 9.80 Å². The summed E-state index contributed by atoms with van der Waals surface area (Å²) in [5.74, 6) is 0.139. The molecular weight excluding hydrogens is 240 g/mol. The first-order valence-corrected chi connectivity index (χ1v) is 7.55. The van der Waals surface area contributed by atoms with E-state index in [1.54, 1.807) is 6.92 Å². The van der Waals surface area contributed by atoms with E-state index in [9.17, 15) is 9.90 Å². The Bertz CT molecular complexity index is 402. The standard InChI is InChI=1S/C15H24N2O2/c1-15(19)10-12(16-6-2-3-7-16)14(13(18)11-15)17-8-4-5-9-17/h19H,2-11H2,1H3. The highest BCUT2D eigenvalue weighted by Gasteiger charge is 2.39. The fraction of sp³-hybridized carbons (Fsp3) is 0.800. The molecule has 2 heterocycles. The van der Waals surface area contributed by atoms with Crippen LogP contribution in [-0.4, -0.2) is 52.5 Å². The third kappa shape index (κ3) is 2.50. The van der Waals surface area contributed by atoms with E-state index < -0.39 is 5.60 Å². The number of aliphatic hydroxyl groups is 1. The molecule has 2 aliphatic heterocycles. The first-order chi connectivity index (χ1) is 9.07. The van der Waals surface area contributed by atoms with Gasteiger partial charge in [-0.2, -0.15) is 0 Å². The van der Waals surface area contributed by atoms with Crippen molar-refractivity contribution < 1.29 is 9.90 Å². The molecule has 4 nitrogen and oxygen atoms in total. The van der Waals surface area contributed by atoms with Gasteiger partial charge in [-0.05, 0) is 32.6 Å². The van der Waals surface area contributed by atoms with Gasteiger partial charge in [0.2, 0.25) is 0 Å². The molecule has 0 spiro atoms. The minimum atomic E-state index is -0.863. The van der Waals surface area contributed by atoms with E-state index in [4.69, 9.17) is 0 Å². The summed E-state index contributed by atoms with van der Waals surface area (Å²) < 4.78 is 0. The summed E-state index contributed by atoms with van der Waals surface area (Å²) in [5, 5.41) is 10.3. The van der Waals surface area contributed by atoms with Gasteiger partial charge in [-0.3, -0.25) is 4.79 Å². The second-order valence-electron chi connectivity index (χ2n) is 6.46. The molecule has 1 aliphatic carbocycles. The number of allylic oxidation sites excluding steroid dienone is 1. The molecule has 0 aromatic heterocycles. The Labute approximate surface area is 115 Å². The van der Waals surface area contributed by atoms with Crippen molar-refractivity contribution in [1.82, 2.24) is 9.80 Å². The van der Waals surface area contributed by atoms with Gasteiger partial charge >= 0.3 is 0 Å². The van der Waals surface area contributed by atoms with Crippen molar-refractivity contribution in [1.29, 1.82) is 0 Å². The summed E-state index contributed by atoms with van der Waals surface area (Å²) in [4.78, 5) is 17.1. The van der Waals surface area contributed by atoms with E-state index in [-0.39, 0.29) is 12.2 Å². The fourth-order valence-electron chi connectivity index (χ4n) is 3.65. The van der Waals surface area contributed by atoms with Crippen LogP contribution in [0.5, 0.6) is 0 Å². The topological polar surface area (TPSA) is 43.8 Å². The van der Waals surface area contributed by atoms with Gasteiger partial charge in [0, 0.05) is 44.7 Å². The Balaban J connectivity index is 1.96. The molecule has 0 saturated carbocycles. The van der Waals surface area contributed by atoms with E-state index in [0.717, 1.165) is 37.6 Å². The predicted octanol–water partition coefficient (Wildman–Crippen LogP) is 1.50. The normalized spacial score (nSPS) is 32.6. The van der Waals surface area contributed by atoms with Crippen LogP contribution in [0.2, 0.25) is 0 Å². The molecule has 0 amide bonds. The van der Waals surface area contributed by atoms with Crippen molar-refractivity contribution in [3.63, 3.8) is 0 Å². The van der Waals surface area contributed by atoms with Crippen molar-refractivity contribution >= 4 is 5.78 Å². The predicted molar refractivity (Wildman–Crippen MR) is 73.5 cm³/mol. The largest absolute Gasteiger partial charge is 0.389 e. The Hall–Kier alpha value is -1.03.